The zero-order chi connectivity index (χ0) is 11.6. The maximum Gasteiger partial charge on any atom is 0.236 e. The smallest absolute Gasteiger partial charge is 0.212 e. The van der Waals surface area contributed by atoms with Gasteiger partial charge >= 0.3 is 0 Å². The van der Waals surface area contributed by atoms with Crippen molar-refractivity contribution >= 4 is 19.7 Å². The van der Waals surface area contributed by atoms with Crippen LogP contribution in [0.15, 0.2) is 36.7 Å². The van der Waals surface area contributed by atoms with Gasteiger partial charge in [-0.2, -0.15) is 15.0 Å². The Hall–Kier alpha value is -1.40. The summed E-state index contributed by atoms with van der Waals surface area (Å²) in [5.41, 5.74) is 1.30. The molecule has 0 fully saturated rings. The molecule has 1 heterocycles. The van der Waals surface area contributed by atoms with Gasteiger partial charge in [0.1, 0.15) is 0 Å². The standard InChI is InChI=1S/C9H8ClN3O2S/c10-16(14,15)7-8-2-1-3-9(6-8)13-11-4-5-12-13/h1-6H,7H2. The fraction of sp³-hybridized carbons (Fsp3) is 0.111. The van der Waals surface area contributed by atoms with Crippen LogP contribution in [0.3, 0.4) is 0 Å². The van der Waals surface area contributed by atoms with Crippen LogP contribution in [0.25, 0.3) is 5.69 Å². The quantitative estimate of drug-likeness (QED) is 0.779. The second-order valence-electron chi connectivity index (χ2n) is 3.17. The number of aromatic nitrogens is 3. The topological polar surface area (TPSA) is 64.8 Å². The van der Waals surface area contributed by atoms with Crippen LogP contribution >= 0.6 is 10.7 Å². The van der Waals surface area contributed by atoms with Gasteiger partial charge in [0.05, 0.1) is 23.8 Å². The van der Waals surface area contributed by atoms with E-state index in [1.807, 2.05) is 0 Å². The first-order valence-corrected chi connectivity index (χ1v) is 6.90. The van der Waals surface area contributed by atoms with Gasteiger partial charge in [-0.25, -0.2) is 8.42 Å². The summed E-state index contributed by atoms with van der Waals surface area (Å²) in [5, 5.41) is 7.89. The van der Waals surface area contributed by atoms with E-state index in [1.54, 1.807) is 36.7 Å². The van der Waals surface area contributed by atoms with E-state index in [0.29, 0.717) is 11.3 Å². The van der Waals surface area contributed by atoms with Gasteiger partial charge in [-0.05, 0) is 17.7 Å². The average Bonchev–Trinajstić information content (AvgIpc) is 2.68. The van der Waals surface area contributed by atoms with Gasteiger partial charge < -0.3 is 0 Å². The molecular weight excluding hydrogens is 250 g/mol. The van der Waals surface area contributed by atoms with Crippen LogP contribution in [0.4, 0.5) is 0 Å². The highest BCUT2D eigenvalue weighted by Gasteiger charge is 2.08. The van der Waals surface area contributed by atoms with Crippen LogP contribution < -0.4 is 0 Å². The lowest BCUT2D eigenvalue weighted by Crippen LogP contribution is -2.01. The monoisotopic (exact) mass is 257 g/mol. The summed E-state index contributed by atoms with van der Waals surface area (Å²) in [7, 11) is 1.64. The van der Waals surface area contributed by atoms with Crippen molar-refractivity contribution in [3.63, 3.8) is 0 Å². The van der Waals surface area contributed by atoms with Crippen molar-refractivity contribution in [1.82, 2.24) is 15.0 Å². The molecule has 0 amide bonds. The predicted molar refractivity (Wildman–Crippen MR) is 59.8 cm³/mol. The largest absolute Gasteiger partial charge is 0.236 e. The SMILES string of the molecule is O=S(=O)(Cl)Cc1cccc(-n2nccn2)c1. The van der Waals surface area contributed by atoms with E-state index >= 15 is 0 Å². The maximum absolute atomic E-state index is 10.9. The van der Waals surface area contributed by atoms with E-state index in [4.69, 9.17) is 10.7 Å². The predicted octanol–water partition coefficient (Wildman–Crippen LogP) is 1.34. The van der Waals surface area contributed by atoms with Crippen LogP contribution in [0.5, 0.6) is 0 Å². The van der Waals surface area contributed by atoms with Gasteiger partial charge in [-0.3, -0.25) is 0 Å². The molecule has 0 aliphatic rings. The van der Waals surface area contributed by atoms with E-state index in [-0.39, 0.29) is 5.75 Å². The van der Waals surface area contributed by atoms with Crippen LogP contribution in [-0.4, -0.2) is 23.4 Å². The Kier molecular flexibility index (Phi) is 2.93. The Morgan fingerprint density at radius 3 is 2.56 bits per heavy atom. The molecule has 0 radical (unpaired) electrons. The number of benzene rings is 1. The molecule has 1 aromatic carbocycles. The second kappa shape index (κ2) is 4.23. The lowest BCUT2D eigenvalue weighted by molar-refractivity contribution is 0.609. The molecule has 2 aromatic rings. The zero-order valence-corrected chi connectivity index (χ0v) is 9.69. The van der Waals surface area contributed by atoms with Crippen LogP contribution in [0.1, 0.15) is 5.56 Å². The molecule has 0 bridgehead atoms. The zero-order valence-electron chi connectivity index (χ0n) is 8.12. The summed E-state index contributed by atoms with van der Waals surface area (Å²) in [6.45, 7) is 0. The molecule has 0 atom stereocenters. The summed E-state index contributed by atoms with van der Waals surface area (Å²) in [6, 6.07) is 6.88. The number of nitrogens with zero attached hydrogens (tertiary/aromatic N) is 3. The summed E-state index contributed by atoms with van der Waals surface area (Å²) < 4.78 is 21.9. The first-order valence-electron chi connectivity index (χ1n) is 4.42. The molecule has 2 rings (SSSR count). The third-order valence-corrected chi connectivity index (χ3v) is 2.90. The Balaban J connectivity index is 2.34. The third kappa shape index (κ3) is 2.80. The fourth-order valence-electron chi connectivity index (χ4n) is 1.32. The molecule has 0 saturated heterocycles. The van der Waals surface area contributed by atoms with Crippen molar-refractivity contribution in [3.8, 4) is 5.69 Å². The molecule has 0 aliphatic heterocycles. The van der Waals surface area contributed by atoms with Crippen molar-refractivity contribution in [3.05, 3.63) is 42.2 Å². The third-order valence-electron chi connectivity index (χ3n) is 1.90. The minimum absolute atomic E-state index is 0.205. The van der Waals surface area contributed by atoms with Crippen molar-refractivity contribution < 1.29 is 8.42 Å². The number of rotatable bonds is 3. The Bertz CT molecular complexity index is 581. The van der Waals surface area contributed by atoms with E-state index in [2.05, 4.69) is 10.2 Å². The first kappa shape index (κ1) is 11.1. The second-order valence-corrected chi connectivity index (χ2v) is 5.95. The van der Waals surface area contributed by atoms with Gasteiger partial charge in [-0.15, -0.1) is 0 Å². The van der Waals surface area contributed by atoms with Crippen molar-refractivity contribution in [2.45, 2.75) is 5.75 Å². The maximum atomic E-state index is 10.9. The van der Waals surface area contributed by atoms with Crippen molar-refractivity contribution in [2.24, 2.45) is 0 Å². The summed E-state index contributed by atoms with van der Waals surface area (Å²) in [5.74, 6) is -0.205. The van der Waals surface area contributed by atoms with Gasteiger partial charge in [0.15, 0.2) is 0 Å². The van der Waals surface area contributed by atoms with Crippen LogP contribution in [-0.2, 0) is 14.8 Å². The van der Waals surface area contributed by atoms with E-state index < -0.39 is 9.05 Å². The molecule has 0 unspecified atom stereocenters. The van der Waals surface area contributed by atoms with Crippen molar-refractivity contribution in [1.29, 1.82) is 0 Å². The molecule has 1 aromatic heterocycles. The van der Waals surface area contributed by atoms with E-state index in [1.165, 1.54) is 4.80 Å². The molecule has 16 heavy (non-hydrogen) atoms. The van der Waals surface area contributed by atoms with Gasteiger partial charge in [0, 0.05) is 10.7 Å². The average molecular weight is 258 g/mol. The fourth-order valence-corrected chi connectivity index (χ4v) is 2.27. The molecule has 7 heteroatoms. The molecule has 0 spiro atoms. The summed E-state index contributed by atoms with van der Waals surface area (Å²) in [4.78, 5) is 1.41. The Labute approximate surface area is 97.1 Å². The first-order chi connectivity index (χ1) is 7.54. The normalized spacial score (nSPS) is 11.6. The summed E-state index contributed by atoms with van der Waals surface area (Å²) in [6.07, 6.45) is 3.09. The molecule has 0 saturated carbocycles. The molecule has 5 nitrogen and oxygen atoms in total. The minimum atomic E-state index is -3.54. The highest BCUT2D eigenvalue weighted by atomic mass is 35.7. The van der Waals surface area contributed by atoms with Gasteiger partial charge in [-0.1, -0.05) is 12.1 Å². The highest BCUT2D eigenvalue weighted by molar-refractivity contribution is 8.13. The number of halogens is 1. The van der Waals surface area contributed by atoms with Crippen LogP contribution in [0, 0.1) is 0 Å². The highest BCUT2D eigenvalue weighted by Crippen LogP contribution is 2.13. The van der Waals surface area contributed by atoms with Crippen LogP contribution in [0.2, 0.25) is 0 Å². The molecular formula is C9H8ClN3O2S. The summed E-state index contributed by atoms with van der Waals surface area (Å²) >= 11 is 0. The van der Waals surface area contributed by atoms with E-state index in [9.17, 15) is 8.42 Å². The lowest BCUT2D eigenvalue weighted by Gasteiger charge is -2.02. The van der Waals surface area contributed by atoms with Gasteiger partial charge in [0.2, 0.25) is 9.05 Å². The number of hydrogen-bond donors (Lipinski definition) is 0. The van der Waals surface area contributed by atoms with E-state index in [0.717, 1.165) is 0 Å². The lowest BCUT2D eigenvalue weighted by atomic mass is 10.2. The van der Waals surface area contributed by atoms with Crippen molar-refractivity contribution in [2.75, 3.05) is 0 Å². The minimum Gasteiger partial charge on any atom is -0.212 e. The Morgan fingerprint density at radius 2 is 1.94 bits per heavy atom. The van der Waals surface area contributed by atoms with Gasteiger partial charge in [0.25, 0.3) is 0 Å². The Morgan fingerprint density at radius 1 is 1.25 bits per heavy atom. The molecule has 84 valence electrons. The molecule has 0 N–H and O–H groups in total. The number of hydrogen-bond acceptors (Lipinski definition) is 4. The molecule has 0 aliphatic carbocycles.